The molecule has 0 bridgehead atoms. The summed E-state index contributed by atoms with van der Waals surface area (Å²) >= 11 is 5.99. The molecule has 0 spiro atoms. The Labute approximate surface area is 162 Å². The van der Waals surface area contributed by atoms with Crippen molar-refractivity contribution in [1.29, 1.82) is 0 Å². The van der Waals surface area contributed by atoms with Crippen LogP contribution < -0.4 is 5.32 Å². The zero-order valence-electron chi connectivity index (χ0n) is 14.7. The van der Waals surface area contributed by atoms with Gasteiger partial charge in [0.15, 0.2) is 5.82 Å². The first kappa shape index (κ1) is 20.2. The first-order chi connectivity index (χ1) is 13.3. The summed E-state index contributed by atoms with van der Waals surface area (Å²) in [7, 11) is 0. The summed E-state index contributed by atoms with van der Waals surface area (Å²) in [6.45, 7) is -0.221. The van der Waals surface area contributed by atoms with Gasteiger partial charge >= 0.3 is 6.18 Å². The maximum absolute atomic E-state index is 12.2. The number of aryl methyl sites for hydroxylation is 1. The SMILES string of the molecule is Cc1cccc(Nc2nc(Cl)nc3c(CO)nn(CCOCC(F)(F)F)c23)n1. The number of hydrogen-bond acceptors (Lipinski definition) is 7. The molecule has 3 heterocycles. The average Bonchev–Trinajstić information content (AvgIpc) is 2.95. The molecule has 2 N–H and O–H groups in total. The van der Waals surface area contributed by atoms with Crippen LogP contribution >= 0.6 is 11.6 Å². The van der Waals surface area contributed by atoms with Gasteiger partial charge in [0, 0.05) is 5.69 Å². The molecule has 8 nitrogen and oxygen atoms in total. The van der Waals surface area contributed by atoms with Gasteiger partial charge in [-0.15, -0.1) is 0 Å². The van der Waals surface area contributed by atoms with Crippen molar-refractivity contribution in [2.24, 2.45) is 0 Å². The third-order valence-electron chi connectivity index (χ3n) is 3.63. The van der Waals surface area contributed by atoms with Gasteiger partial charge in [-0.1, -0.05) is 6.07 Å². The van der Waals surface area contributed by atoms with E-state index >= 15 is 0 Å². The number of nitrogens with zero attached hydrogens (tertiary/aromatic N) is 5. The maximum Gasteiger partial charge on any atom is 0.411 e. The molecular weight excluding hydrogens is 401 g/mol. The van der Waals surface area contributed by atoms with Crippen molar-refractivity contribution in [1.82, 2.24) is 24.7 Å². The van der Waals surface area contributed by atoms with Gasteiger partial charge in [-0.3, -0.25) is 4.68 Å². The second-order valence-corrected chi connectivity index (χ2v) is 6.16. The molecule has 3 aromatic heterocycles. The van der Waals surface area contributed by atoms with Crippen LogP contribution in [0.1, 0.15) is 11.4 Å². The molecule has 28 heavy (non-hydrogen) atoms. The molecule has 0 aliphatic heterocycles. The van der Waals surface area contributed by atoms with Crippen LogP contribution in [0.4, 0.5) is 24.8 Å². The Bertz CT molecular complexity index is 979. The van der Waals surface area contributed by atoms with Crippen LogP contribution in [-0.4, -0.2) is 49.2 Å². The predicted octanol–water partition coefficient (Wildman–Crippen LogP) is 3.00. The lowest BCUT2D eigenvalue weighted by Gasteiger charge is -2.11. The number of anilines is 2. The van der Waals surface area contributed by atoms with E-state index < -0.39 is 19.4 Å². The molecule has 0 atom stereocenters. The van der Waals surface area contributed by atoms with E-state index in [-0.39, 0.29) is 35.5 Å². The maximum atomic E-state index is 12.2. The summed E-state index contributed by atoms with van der Waals surface area (Å²) in [5, 5.41) is 16.7. The highest BCUT2D eigenvalue weighted by atomic mass is 35.5. The van der Waals surface area contributed by atoms with Crippen molar-refractivity contribution in [3.05, 3.63) is 34.9 Å². The van der Waals surface area contributed by atoms with Crippen molar-refractivity contribution in [3.63, 3.8) is 0 Å². The molecule has 0 unspecified atom stereocenters. The van der Waals surface area contributed by atoms with Gasteiger partial charge < -0.3 is 15.2 Å². The van der Waals surface area contributed by atoms with Crippen molar-refractivity contribution >= 4 is 34.3 Å². The lowest BCUT2D eigenvalue weighted by molar-refractivity contribution is -0.174. The monoisotopic (exact) mass is 416 g/mol. The zero-order valence-corrected chi connectivity index (χ0v) is 15.4. The number of pyridine rings is 1. The summed E-state index contributed by atoms with van der Waals surface area (Å²) in [6.07, 6.45) is -4.41. The minimum absolute atomic E-state index is 0.00645. The quantitative estimate of drug-likeness (QED) is 0.451. The third kappa shape index (κ3) is 4.86. The normalized spacial score (nSPS) is 11.9. The topological polar surface area (TPSA) is 98.0 Å². The van der Waals surface area contributed by atoms with Crippen LogP contribution in [0, 0.1) is 6.92 Å². The molecule has 0 radical (unpaired) electrons. The van der Waals surface area contributed by atoms with E-state index in [1.165, 1.54) is 4.68 Å². The smallest absolute Gasteiger partial charge is 0.390 e. The lowest BCUT2D eigenvalue weighted by atomic mass is 10.3. The van der Waals surface area contributed by atoms with E-state index in [1.54, 1.807) is 12.1 Å². The third-order valence-corrected chi connectivity index (χ3v) is 3.80. The van der Waals surface area contributed by atoms with E-state index in [0.29, 0.717) is 11.3 Å². The molecule has 0 saturated carbocycles. The Morgan fingerprint density at radius 1 is 1.25 bits per heavy atom. The van der Waals surface area contributed by atoms with Gasteiger partial charge in [0.2, 0.25) is 5.28 Å². The highest BCUT2D eigenvalue weighted by Crippen LogP contribution is 2.27. The summed E-state index contributed by atoms with van der Waals surface area (Å²) in [5.74, 6) is 0.749. The van der Waals surface area contributed by atoms with Crippen molar-refractivity contribution < 1.29 is 23.0 Å². The minimum atomic E-state index is -4.41. The van der Waals surface area contributed by atoms with Crippen LogP contribution in [-0.2, 0) is 17.9 Å². The Kier molecular flexibility index (Phi) is 5.96. The summed E-state index contributed by atoms with van der Waals surface area (Å²) in [5.41, 5.74) is 1.64. The van der Waals surface area contributed by atoms with Crippen LogP contribution in [0.5, 0.6) is 0 Å². The molecule has 3 rings (SSSR count). The van der Waals surface area contributed by atoms with E-state index in [0.717, 1.165) is 5.69 Å². The van der Waals surface area contributed by atoms with Crippen LogP contribution in [0.15, 0.2) is 18.2 Å². The van der Waals surface area contributed by atoms with Crippen LogP contribution in [0.2, 0.25) is 5.28 Å². The van der Waals surface area contributed by atoms with Crippen LogP contribution in [0.25, 0.3) is 11.0 Å². The molecule has 12 heteroatoms. The fourth-order valence-corrected chi connectivity index (χ4v) is 2.71. The number of hydrogen-bond donors (Lipinski definition) is 2. The fourth-order valence-electron chi connectivity index (χ4n) is 2.54. The number of rotatable bonds is 7. The van der Waals surface area contributed by atoms with E-state index in [9.17, 15) is 18.3 Å². The van der Waals surface area contributed by atoms with Gasteiger partial charge in [-0.2, -0.15) is 23.3 Å². The standard InChI is InChI=1S/C16H16ClF3N6O2/c1-9-3-2-4-11(21-9)22-14-13-12(23-15(17)24-14)10(7-27)25-26(13)5-6-28-8-16(18,19)20/h2-4,27H,5-8H2,1H3,(H,21,22,23,24). The van der Waals surface area contributed by atoms with E-state index in [4.69, 9.17) is 11.6 Å². The number of aliphatic hydroxyl groups excluding tert-OH is 1. The molecule has 0 aliphatic rings. The summed E-state index contributed by atoms with van der Waals surface area (Å²) < 4.78 is 42.7. The zero-order chi connectivity index (χ0) is 20.3. The van der Waals surface area contributed by atoms with E-state index in [1.807, 2.05) is 13.0 Å². The fraction of sp³-hybridized carbons (Fsp3) is 0.375. The molecule has 0 amide bonds. The number of aromatic nitrogens is 5. The average molecular weight is 417 g/mol. The van der Waals surface area contributed by atoms with Crippen molar-refractivity contribution in [2.75, 3.05) is 18.5 Å². The number of halogens is 4. The largest absolute Gasteiger partial charge is 0.411 e. The number of fused-ring (bicyclic) bond motifs is 1. The van der Waals surface area contributed by atoms with Crippen LogP contribution in [0.3, 0.4) is 0 Å². The highest BCUT2D eigenvalue weighted by molar-refractivity contribution is 6.28. The Balaban J connectivity index is 1.94. The summed E-state index contributed by atoms with van der Waals surface area (Å²) in [4.78, 5) is 12.5. The predicted molar refractivity (Wildman–Crippen MR) is 95.4 cm³/mol. The molecule has 3 aromatic rings. The molecule has 0 aliphatic carbocycles. The molecule has 150 valence electrons. The number of ether oxygens (including phenoxy) is 1. The summed E-state index contributed by atoms with van der Waals surface area (Å²) in [6, 6.07) is 5.33. The lowest BCUT2D eigenvalue weighted by Crippen LogP contribution is -2.19. The minimum Gasteiger partial charge on any atom is -0.390 e. The van der Waals surface area contributed by atoms with Gasteiger partial charge in [-0.05, 0) is 30.7 Å². The Hall–Kier alpha value is -2.50. The highest BCUT2D eigenvalue weighted by Gasteiger charge is 2.27. The Morgan fingerprint density at radius 2 is 2.04 bits per heavy atom. The van der Waals surface area contributed by atoms with Crippen molar-refractivity contribution in [2.45, 2.75) is 26.3 Å². The first-order valence-electron chi connectivity index (χ1n) is 8.16. The number of alkyl halides is 3. The number of aliphatic hydroxyl groups is 1. The van der Waals surface area contributed by atoms with Gasteiger partial charge in [0.25, 0.3) is 0 Å². The van der Waals surface area contributed by atoms with Gasteiger partial charge in [0.05, 0.1) is 19.8 Å². The van der Waals surface area contributed by atoms with Crippen molar-refractivity contribution in [3.8, 4) is 0 Å². The molecule has 0 aromatic carbocycles. The van der Waals surface area contributed by atoms with Gasteiger partial charge in [0.1, 0.15) is 29.2 Å². The second kappa shape index (κ2) is 8.25. The molecular formula is C16H16ClF3N6O2. The first-order valence-corrected chi connectivity index (χ1v) is 8.53. The number of nitrogens with one attached hydrogen (secondary N) is 1. The van der Waals surface area contributed by atoms with Gasteiger partial charge in [-0.25, -0.2) is 9.97 Å². The second-order valence-electron chi connectivity index (χ2n) is 5.82. The molecule has 0 saturated heterocycles. The Morgan fingerprint density at radius 3 is 2.71 bits per heavy atom. The molecule has 0 fully saturated rings. The van der Waals surface area contributed by atoms with E-state index in [2.05, 4.69) is 30.1 Å².